The minimum absolute atomic E-state index is 0.0193. The van der Waals surface area contributed by atoms with Crippen LogP contribution in [0.2, 0.25) is 0 Å². The van der Waals surface area contributed by atoms with Crippen molar-refractivity contribution in [1.82, 2.24) is 5.32 Å². The number of methoxy groups -OCH3 is 1. The van der Waals surface area contributed by atoms with E-state index < -0.39 is 5.60 Å². The molecule has 0 aromatic rings. The first-order valence-corrected chi connectivity index (χ1v) is 11.8. The van der Waals surface area contributed by atoms with E-state index in [9.17, 15) is 4.79 Å². The van der Waals surface area contributed by atoms with Crippen LogP contribution in [0.25, 0.3) is 0 Å². The summed E-state index contributed by atoms with van der Waals surface area (Å²) in [5, 5.41) is 3.38. The van der Waals surface area contributed by atoms with Gasteiger partial charge in [0.25, 0.3) is 0 Å². The Balaban J connectivity index is 2.06. The van der Waals surface area contributed by atoms with Gasteiger partial charge >= 0.3 is 5.97 Å². The molecule has 2 rings (SSSR count). The van der Waals surface area contributed by atoms with Crippen LogP contribution in [0, 0.1) is 17.8 Å². The second-order valence-corrected chi connectivity index (χ2v) is 10.7. The first kappa shape index (κ1) is 26.3. The molecule has 180 valence electrons. The van der Waals surface area contributed by atoms with Gasteiger partial charge in [-0.15, -0.1) is 0 Å². The molecule has 0 bridgehead atoms. The maximum atomic E-state index is 12.7. The highest BCUT2D eigenvalue weighted by atomic mass is 16.6. The molecule has 1 N–H and O–H groups in total. The lowest BCUT2D eigenvalue weighted by Gasteiger charge is -2.47. The molecule has 0 radical (unpaired) electrons. The van der Waals surface area contributed by atoms with Crippen molar-refractivity contribution >= 4 is 5.97 Å². The van der Waals surface area contributed by atoms with E-state index in [1.165, 1.54) is 5.57 Å². The fourth-order valence-corrected chi connectivity index (χ4v) is 5.25. The quantitative estimate of drug-likeness (QED) is 0.297. The molecule has 6 heteroatoms. The zero-order valence-electron chi connectivity index (χ0n) is 21.1. The van der Waals surface area contributed by atoms with Gasteiger partial charge in [-0.25, -0.2) is 0 Å². The van der Waals surface area contributed by atoms with Crippen LogP contribution in [0.15, 0.2) is 11.6 Å². The SMILES string of the molecule is CO[C@H]1[C@H](C(C)(C)OCC=C(C)C)[C@]2(CC[C@H]1OC(=O)CNC(C(C)C)C(C)C)CO2. The van der Waals surface area contributed by atoms with Gasteiger partial charge in [0.1, 0.15) is 12.2 Å². The Kier molecular flexibility index (Phi) is 9.15. The summed E-state index contributed by atoms with van der Waals surface area (Å²) < 4.78 is 24.1. The van der Waals surface area contributed by atoms with Crippen LogP contribution in [0.1, 0.15) is 68.2 Å². The zero-order valence-corrected chi connectivity index (χ0v) is 21.1. The number of hydrogen-bond donors (Lipinski definition) is 1. The average molecular weight is 440 g/mol. The van der Waals surface area contributed by atoms with Crippen molar-refractivity contribution in [1.29, 1.82) is 0 Å². The van der Waals surface area contributed by atoms with E-state index >= 15 is 0 Å². The van der Waals surface area contributed by atoms with Gasteiger partial charge in [0.15, 0.2) is 0 Å². The lowest BCUT2D eigenvalue weighted by Crippen LogP contribution is -2.59. The second kappa shape index (κ2) is 10.8. The van der Waals surface area contributed by atoms with Crippen LogP contribution >= 0.6 is 0 Å². The third-order valence-corrected chi connectivity index (χ3v) is 6.80. The summed E-state index contributed by atoms with van der Waals surface area (Å²) in [6, 6.07) is 0.274. The van der Waals surface area contributed by atoms with Crippen LogP contribution in [0.4, 0.5) is 0 Å². The first-order chi connectivity index (χ1) is 14.4. The van der Waals surface area contributed by atoms with Crippen molar-refractivity contribution in [2.45, 2.75) is 97.7 Å². The van der Waals surface area contributed by atoms with Crippen LogP contribution < -0.4 is 5.32 Å². The van der Waals surface area contributed by atoms with E-state index in [-0.39, 0.29) is 42.3 Å². The number of carbonyl (C=O) groups is 1. The van der Waals surface area contributed by atoms with Gasteiger partial charge in [-0.05, 0) is 52.4 Å². The highest BCUT2D eigenvalue weighted by molar-refractivity contribution is 5.72. The topological polar surface area (TPSA) is 69.3 Å². The van der Waals surface area contributed by atoms with Crippen LogP contribution in [0.5, 0.6) is 0 Å². The molecule has 1 spiro atoms. The molecule has 1 aliphatic heterocycles. The summed E-state index contributed by atoms with van der Waals surface area (Å²) >= 11 is 0. The van der Waals surface area contributed by atoms with Crippen molar-refractivity contribution < 1.29 is 23.7 Å². The molecule has 0 amide bonds. The fourth-order valence-electron chi connectivity index (χ4n) is 5.25. The Morgan fingerprint density at radius 3 is 2.32 bits per heavy atom. The van der Waals surface area contributed by atoms with Gasteiger partial charge < -0.3 is 24.3 Å². The standard InChI is InChI=1S/C25H45NO5/c1-16(2)11-13-29-24(7,8)23-22(28-9)19(10-12-25(23)15-30-25)31-20(27)14-26-21(17(3)4)18(5)6/h11,17-19,21-23,26H,10,12-15H2,1-9H3/t19-,22-,23-,25+/m1/s1. The zero-order chi connectivity index (χ0) is 23.4. The number of hydrogen-bond acceptors (Lipinski definition) is 6. The molecule has 31 heavy (non-hydrogen) atoms. The molecule has 4 atom stereocenters. The molecule has 1 aliphatic carbocycles. The van der Waals surface area contributed by atoms with Crippen LogP contribution in [-0.2, 0) is 23.7 Å². The minimum atomic E-state index is -0.479. The molecular formula is C25H45NO5. The highest BCUT2D eigenvalue weighted by Crippen LogP contribution is 2.52. The number of epoxide rings is 1. The van der Waals surface area contributed by atoms with Gasteiger partial charge in [-0.1, -0.05) is 39.3 Å². The molecule has 2 aliphatic rings. The van der Waals surface area contributed by atoms with Crippen molar-refractivity contribution in [2.75, 3.05) is 26.9 Å². The third kappa shape index (κ3) is 6.77. The predicted octanol–water partition coefficient (Wildman–Crippen LogP) is 4.12. The first-order valence-electron chi connectivity index (χ1n) is 11.8. The largest absolute Gasteiger partial charge is 0.459 e. The molecule has 0 aromatic carbocycles. The highest BCUT2D eigenvalue weighted by Gasteiger charge is 2.64. The molecule has 1 saturated carbocycles. The van der Waals surface area contributed by atoms with Crippen molar-refractivity contribution in [3.05, 3.63) is 11.6 Å². The minimum Gasteiger partial charge on any atom is -0.459 e. The Labute approximate surface area is 189 Å². The van der Waals surface area contributed by atoms with E-state index in [0.29, 0.717) is 25.0 Å². The van der Waals surface area contributed by atoms with E-state index in [2.05, 4.69) is 66.8 Å². The Bertz CT molecular complexity index is 611. The predicted molar refractivity (Wildman–Crippen MR) is 123 cm³/mol. The molecule has 0 unspecified atom stereocenters. The summed E-state index contributed by atoms with van der Waals surface area (Å²) in [5.74, 6) is 0.649. The summed E-state index contributed by atoms with van der Waals surface area (Å²) in [7, 11) is 1.69. The summed E-state index contributed by atoms with van der Waals surface area (Å²) in [5.41, 5.74) is 0.504. The summed E-state index contributed by atoms with van der Waals surface area (Å²) in [6.07, 6.45) is 3.09. The van der Waals surface area contributed by atoms with Gasteiger partial charge in [0, 0.05) is 19.1 Å². The van der Waals surface area contributed by atoms with Crippen molar-refractivity contribution in [2.24, 2.45) is 17.8 Å². The Morgan fingerprint density at radius 2 is 1.84 bits per heavy atom. The molecule has 2 fully saturated rings. The molecule has 1 saturated heterocycles. The number of ether oxygens (including phenoxy) is 4. The molecular weight excluding hydrogens is 394 g/mol. The number of rotatable bonds is 11. The fraction of sp³-hybridized carbons (Fsp3) is 0.880. The number of esters is 1. The number of carbonyl (C=O) groups excluding carboxylic acids is 1. The van der Waals surface area contributed by atoms with Gasteiger partial charge in [-0.3, -0.25) is 4.79 Å². The van der Waals surface area contributed by atoms with E-state index in [0.717, 1.165) is 12.8 Å². The number of allylic oxidation sites excluding steroid dienone is 1. The maximum absolute atomic E-state index is 12.7. The Hall–Kier alpha value is -0.950. The van der Waals surface area contributed by atoms with E-state index in [1.54, 1.807) is 7.11 Å². The Morgan fingerprint density at radius 1 is 1.23 bits per heavy atom. The molecule has 0 aromatic heterocycles. The van der Waals surface area contributed by atoms with Crippen LogP contribution in [0.3, 0.4) is 0 Å². The van der Waals surface area contributed by atoms with Gasteiger partial charge in [0.05, 0.1) is 31.0 Å². The van der Waals surface area contributed by atoms with Gasteiger partial charge in [-0.2, -0.15) is 0 Å². The normalized spacial score (nSPS) is 28.5. The maximum Gasteiger partial charge on any atom is 0.320 e. The van der Waals surface area contributed by atoms with Crippen molar-refractivity contribution in [3.8, 4) is 0 Å². The van der Waals surface area contributed by atoms with E-state index in [1.807, 2.05) is 0 Å². The van der Waals surface area contributed by atoms with Crippen LogP contribution in [-0.4, -0.2) is 62.3 Å². The smallest absolute Gasteiger partial charge is 0.320 e. The summed E-state index contributed by atoms with van der Waals surface area (Å²) in [4.78, 5) is 12.7. The third-order valence-electron chi connectivity index (χ3n) is 6.80. The molecule has 1 heterocycles. The number of nitrogens with one attached hydrogen (secondary N) is 1. The van der Waals surface area contributed by atoms with Gasteiger partial charge in [0.2, 0.25) is 0 Å². The second-order valence-electron chi connectivity index (χ2n) is 10.7. The van der Waals surface area contributed by atoms with Crippen molar-refractivity contribution in [3.63, 3.8) is 0 Å². The molecule has 6 nitrogen and oxygen atoms in total. The lowest BCUT2D eigenvalue weighted by atomic mass is 9.68. The average Bonchev–Trinajstić information content (AvgIpc) is 3.41. The monoisotopic (exact) mass is 439 g/mol. The lowest BCUT2D eigenvalue weighted by molar-refractivity contribution is -0.191. The van der Waals surface area contributed by atoms with E-state index in [4.69, 9.17) is 18.9 Å². The summed E-state index contributed by atoms with van der Waals surface area (Å²) in [6.45, 7) is 18.4.